The van der Waals surface area contributed by atoms with Gasteiger partial charge in [-0.25, -0.2) is 0 Å². The molecule has 5 rings (SSSR count). The minimum atomic E-state index is 0.633. The highest BCUT2D eigenvalue weighted by molar-refractivity contribution is 6.30. The molecule has 0 atom stereocenters. The van der Waals surface area contributed by atoms with Gasteiger partial charge in [-0.15, -0.1) is 0 Å². The molecule has 1 fully saturated rings. The Bertz CT molecular complexity index is 1140. The number of hydrogen-bond donors (Lipinski definition) is 0. The minimum absolute atomic E-state index is 0.633. The Kier molecular flexibility index (Phi) is 5.15. The first-order chi connectivity index (χ1) is 14.7. The van der Waals surface area contributed by atoms with Crippen molar-refractivity contribution >= 4 is 33.8 Å². The van der Waals surface area contributed by atoms with Crippen molar-refractivity contribution in [2.45, 2.75) is 19.4 Å². The van der Waals surface area contributed by atoms with Crippen LogP contribution in [0.3, 0.4) is 0 Å². The zero-order chi connectivity index (χ0) is 20.5. The van der Waals surface area contributed by atoms with Crippen molar-refractivity contribution in [3.8, 4) is 0 Å². The lowest BCUT2D eigenvalue weighted by molar-refractivity contribution is 0.318. The first-order valence-electron chi connectivity index (χ1n) is 10.4. The number of benzene rings is 1. The molecule has 5 nitrogen and oxygen atoms in total. The van der Waals surface area contributed by atoms with Crippen LogP contribution in [-0.2, 0) is 6.54 Å². The van der Waals surface area contributed by atoms with E-state index in [4.69, 9.17) is 11.6 Å². The summed E-state index contributed by atoms with van der Waals surface area (Å²) in [7, 11) is 0. The van der Waals surface area contributed by atoms with Crippen LogP contribution in [-0.4, -0.2) is 39.3 Å². The molecule has 0 N–H and O–H groups in total. The van der Waals surface area contributed by atoms with Crippen LogP contribution in [0.1, 0.15) is 18.5 Å². The van der Waals surface area contributed by atoms with E-state index in [0.717, 1.165) is 41.1 Å². The van der Waals surface area contributed by atoms with E-state index in [0.29, 0.717) is 5.02 Å². The molecule has 0 aliphatic carbocycles. The highest BCUT2D eigenvalue weighted by atomic mass is 35.5. The Balaban J connectivity index is 1.33. The number of pyridine rings is 1. The molecule has 0 radical (unpaired) electrons. The van der Waals surface area contributed by atoms with Gasteiger partial charge in [0.25, 0.3) is 0 Å². The summed E-state index contributed by atoms with van der Waals surface area (Å²) < 4.78 is 2.11. The van der Waals surface area contributed by atoms with E-state index in [1.807, 2.05) is 30.6 Å². The lowest BCUT2D eigenvalue weighted by atomic mass is 10.1. The summed E-state index contributed by atoms with van der Waals surface area (Å²) in [5.74, 6) is 0. The highest BCUT2D eigenvalue weighted by Crippen LogP contribution is 2.30. The number of fused-ring (bicyclic) bond motifs is 1. The maximum absolute atomic E-state index is 5.95. The fourth-order valence-electron chi connectivity index (χ4n) is 4.15. The van der Waals surface area contributed by atoms with Crippen LogP contribution in [0, 0.1) is 0 Å². The van der Waals surface area contributed by atoms with Gasteiger partial charge in [0.2, 0.25) is 0 Å². The van der Waals surface area contributed by atoms with Crippen molar-refractivity contribution in [3.05, 3.63) is 84.1 Å². The van der Waals surface area contributed by atoms with Gasteiger partial charge in [-0.1, -0.05) is 18.2 Å². The van der Waals surface area contributed by atoms with Gasteiger partial charge in [-0.05, 0) is 68.4 Å². The normalized spacial score (nSPS) is 17.2. The van der Waals surface area contributed by atoms with Crippen LogP contribution in [0.4, 0.5) is 5.69 Å². The molecule has 1 aromatic carbocycles. The van der Waals surface area contributed by atoms with E-state index in [1.54, 1.807) is 6.20 Å². The number of aromatic nitrogens is 3. The number of halogens is 1. The van der Waals surface area contributed by atoms with E-state index >= 15 is 0 Å². The number of nitrogens with zero attached hydrogens (tertiary/aromatic N) is 5. The molecule has 152 valence electrons. The standard InChI is InChI=1S/C24H24ClN5/c1-18-14-19(23-6-4-21(25)17-26-23)8-11-29(18)22-5-7-24-20(15-22)16-27-30(24)13-12-28-9-2-3-10-28/h4-8,11,14-17H,1-3,9-10,12-13H2. The molecule has 3 aromatic rings. The second-order valence-corrected chi connectivity index (χ2v) is 8.23. The summed E-state index contributed by atoms with van der Waals surface area (Å²) in [5, 5.41) is 6.40. The third-order valence-corrected chi connectivity index (χ3v) is 6.01. The Labute approximate surface area is 181 Å². The SMILES string of the molecule is C=C1C=C(c2ccc(Cl)cn2)C=CN1c1ccc2c(cnn2CCN2CCCC2)c1. The molecule has 0 bridgehead atoms. The zero-order valence-electron chi connectivity index (χ0n) is 16.8. The van der Waals surface area contributed by atoms with E-state index in [1.165, 1.54) is 31.4 Å². The van der Waals surface area contributed by atoms with Crippen LogP contribution < -0.4 is 4.90 Å². The van der Waals surface area contributed by atoms with Crippen LogP contribution in [0.5, 0.6) is 0 Å². The molecule has 0 unspecified atom stereocenters. The van der Waals surface area contributed by atoms with Crippen LogP contribution >= 0.6 is 11.6 Å². The first-order valence-corrected chi connectivity index (χ1v) is 10.7. The van der Waals surface area contributed by atoms with Gasteiger partial charge in [-0.3, -0.25) is 9.67 Å². The molecule has 0 amide bonds. The fraction of sp³-hybridized carbons (Fsp3) is 0.250. The number of anilines is 1. The summed E-state index contributed by atoms with van der Waals surface area (Å²) in [6.45, 7) is 8.67. The van der Waals surface area contributed by atoms with Crippen molar-refractivity contribution in [1.29, 1.82) is 0 Å². The second kappa shape index (κ2) is 8.09. The first kappa shape index (κ1) is 19.1. The van der Waals surface area contributed by atoms with Crippen molar-refractivity contribution in [2.24, 2.45) is 0 Å². The summed E-state index contributed by atoms with van der Waals surface area (Å²) in [5.41, 5.74) is 5.04. The monoisotopic (exact) mass is 417 g/mol. The Hall–Kier alpha value is -2.89. The second-order valence-electron chi connectivity index (χ2n) is 7.80. The van der Waals surface area contributed by atoms with Gasteiger partial charge in [-0.2, -0.15) is 5.10 Å². The quantitative estimate of drug-likeness (QED) is 0.578. The Morgan fingerprint density at radius 3 is 2.67 bits per heavy atom. The van der Waals surface area contributed by atoms with Gasteiger partial charge in [0.1, 0.15) is 0 Å². The highest BCUT2D eigenvalue weighted by Gasteiger charge is 2.15. The molecule has 4 heterocycles. The predicted molar refractivity (Wildman–Crippen MR) is 123 cm³/mol. The summed E-state index contributed by atoms with van der Waals surface area (Å²) in [6, 6.07) is 10.2. The number of allylic oxidation sites excluding steroid dienone is 3. The summed E-state index contributed by atoms with van der Waals surface area (Å²) >= 11 is 5.95. The van der Waals surface area contributed by atoms with E-state index in [9.17, 15) is 0 Å². The summed E-state index contributed by atoms with van der Waals surface area (Å²) in [6.07, 6.45) is 12.4. The third kappa shape index (κ3) is 3.78. The van der Waals surface area contributed by atoms with Crippen LogP contribution in [0.2, 0.25) is 5.02 Å². The Morgan fingerprint density at radius 1 is 1.03 bits per heavy atom. The van der Waals surface area contributed by atoms with Gasteiger partial charge < -0.3 is 9.80 Å². The third-order valence-electron chi connectivity index (χ3n) is 5.79. The molecule has 0 spiro atoms. The van der Waals surface area contributed by atoms with Gasteiger partial charge in [0.15, 0.2) is 0 Å². The molecule has 0 saturated carbocycles. The molecular formula is C24H24ClN5. The number of rotatable bonds is 5. The van der Waals surface area contributed by atoms with E-state index in [-0.39, 0.29) is 0 Å². The smallest absolute Gasteiger partial charge is 0.0704 e. The van der Waals surface area contributed by atoms with Gasteiger partial charge >= 0.3 is 0 Å². The number of hydrogen-bond acceptors (Lipinski definition) is 4. The van der Waals surface area contributed by atoms with Crippen molar-refractivity contribution in [2.75, 3.05) is 24.5 Å². The van der Waals surface area contributed by atoms with E-state index < -0.39 is 0 Å². The van der Waals surface area contributed by atoms with Crippen LogP contribution in [0.25, 0.3) is 16.5 Å². The Morgan fingerprint density at radius 2 is 1.90 bits per heavy atom. The maximum atomic E-state index is 5.95. The van der Waals surface area contributed by atoms with Crippen molar-refractivity contribution in [3.63, 3.8) is 0 Å². The average Bonchev–Trinajstić information content (AvgIpc) is 3.42. The lowest BCUT2D eigenvalue weighted by Gasteiger charge is -2.25. The lowest BCUT2D eigenvalue weighted by Crippen LogP contribution is -2.24. The molecule has 2 aliphatic rings. The summed E-state index contributed by atoms with van der Waals surface area (Å²) in [4.78, 5) is 9.00. The fourth-order valence-corrected chi connectivity index (χ4v) is 4.26. The van der Waals surface area contributed by atoms with Gasteiger partial charge in [0.05, 0.1) is 29.0 Å². The predicted octanol–water partition coefficient (Wildman–Crippen LogP) is 5.11. The molecule has 1 saturated heterocycles. The van der Waals surface area contributed by atoms with Crippen molar-refractivity contribution < 1.29 is 0 Å². The average molecular weight is 418 g/mol. The molecule has 2 aromatic heterocycles. The van der Waals surface area contributed by atoms with Crippen molar-refractivity contribution in [1.82, 2.24) is 19.7 Å². The number of likely N-dealkylation sites (tertiary alicyclic amines) is 1. The minimum Gasteiger partial charge on any atom is -0.318 e. The molecular weight excluding hydrogens is 394 g/mol. The molecule has 30 heavy (non-hydrogen) atoms. The zero-order valence-corrected chi connectivity index (χ0v) is 17.6. The van der Waals surface area contributed by atoms with E-state index in [2.05, 4.69) is 55.4 Å². The maximum Gasteiger partial charge on any atom is 0.0704 e. The molecule has 2 aliphatic heterocycles. The topological polar surface area (TPSA) is 37.2 Å². The van der Waals surface area contributed by atoms with Crippen LogP contribution in [0.15, 0.2) is 73.4 Å². The molecule has 6 heteroatoms. The largest absolute Gasteiger partial charge is 0.318 e. The van der Waals surface area contributed by atoms with Gasteiger partial charge in [0, 0.05) is 41.3 Å².